The number of hydrogen-bond donors (Lipinski definition) is 0. The fourth-order valence-corrected chi connectivity index (χ4v) is 9.13. The van der Waals surface area contributed by atoms with E-state index in [2.05, 4.69) is 0 Å². The molecule has 0 amide bonds. The molecule has 7 aromatic rings. The van der Waals surface area contributed by atoms with E-state index < -0.39 is 16.8 Å². The lowest BCUT2D eigenvalue weighted by atomic mass is 9.98. The first-order chi connectivity index (χ1) is 26.2. The summed E-state index contributed by atoms with van der Waals surface area (Å²) in [5.41, 5.74) is 5.86. The molecule has 1 aliphatic heterocycles. The van der Waals surface area contributed by atoms with Crippen LogP contribution in [0.15, 0.2) is 93.3 Å². The van der Waals surface area contributed by atoms with E-state index in [1.54, 1.807) is 28.4 Å². The molecule has 1 aromatic heterocycles. The summed E-state index contributed by atoms with van der Waals surface area (Å²) in [5, 5.41) is 3.53. The maximum absolute atomic E-state index is 6.88. The lowest BCUT2D eigenvalue weighted by Crippen LogP contribution is -2.08. The Morgan fingerprint density at radius 3 is 1.37 bits per heavy atom. The molecule has 0 spiro atoms. The van der Waals surface area contributed by atoms with Gasteiger partial charge in [0.05, 0.1) is 33.8 Å². The van der Waals surface area contributed by atoms with Gasteiger partial charge < -0.3 is 45.4 Å². The van der Waals surface area contributed by atoms with Crippen LogP contribution < -0.4 is 37.0 Å². The van der Waals surface area contributed by atoms with E-state index in [0.717, 1.165) is 43.8 Å². The van der Waals surface area contributed by atoms with E-state index in [1.807, 2.05) is 113 Å². The Balaban J connectivity index is 1.30. The summed E-state index contributed by atoms with van der Waals surface area (Å²) < 4.78 is 62.5. The van der Waals surface area contributed by atoms with Gasteiger partial charge in [0.25, 0.3) is 0 Å². The first-order valence-corrected chi connectivity index (χ1v) is 19.3. The van der Waals surface area contributed by atoms with Gasteiger partial charge in [0.2, 0.25) is 0 Å². The molecule has 0 radical (unpaired) electrons. The Morgan fingerprint density at radius 1 is 0.481 bits per heavy atom. The minimum absolute atomic E-state index is 0.509. The molecule has 1 aliphatic rings. The maximum atomic E-state index is 6.88. The summed E-state index contributed by atoms with van der Waals surface area (Å²) in [6.45, 7) is 7.84. The normalized spacial score (nSPS) is 12.3. The second-order valence-electron chi connectivity index (χ2n) is 12.9. The first kappa shape index (κ1) is 35.3. The van der Waals surface area contributed by atoms with Crippen LogP contribution in [-0.4, -0.2) is 28.4 Å². The van der Waals surface area contributed by atoms with Crippen LogP contribution >= 0.6 is 16.8 Å². The Bertz CT molecular complexity index is 2520. The number of benzene rings is 6. The van der Waals surface area contributed by atoms with Crippen LogP contribution in [0.25, 0.3) is 43.8 Å². The van der Waals surface area contributed by atoms with Crippen LogP contribution in [0.2, 0.25) is 0 Å². The van der Waals surface area contributed by atoms with Gasteiger partial charge in [-0.25, -0.2) is 0 Å². The molecule has 276 valence electrons. The van der Waals surface area contributed by atoms with Gasteiger partial charge in [-0.2, -0.15) is 0 Å². The second kappa shape index (κ2) is 14.3. The monoisotopic (exact) mass is 764 g/mol. The summed E-state index contributed by atoms with van der Waals surface area (Å²) in [5.74, 6) is 5.06. The van der Waals surface area contributed by atoms with Crippen molar-refractivity contribution in [1.82, 2.24) is 0 Å². The smallest absolute Gasteiger partial charge is 0.497 e. The highest BCUT2D eigenvalue weighted by Crippen LogP contribution is 2.55. The van der Waals surface area contributed by atoms with Gasteiger partial charge in [0.1, 0.15) is 57.2 Å². The van der Waals surface area contributed by atoms with Crippen LogP contribution in [0.4, 0.5) is 0 Å². The largest absolute Gasteiger partial charge is 0.530 e. The number of ether oxygens (including phenoxy) is 4. The van der Waals surface area contributed by atoms with Crippen molar-refractivity contribution < 1.29 is 45.4 Å². The molecule has 0 bridgehead atoms. The molecular weight excluding hydrogens is 726 g/mol. The van der Waals surface area contributed by atoms with Crippen molar-refractivity contribution in [3.8, 4) is 57.1 Å². The Hall–Kier alpha value is -5.69. The molecule has 2 heterocycles. The van der Waals surface area contributed by atoms with Gasteiger partial charge in [0, 0.05) is 21.9 Å². The Morgan fingerprint density at radius 2 is 0.907 bits per heavy atom. The highest BCUT2D eigenvalue weighted by Gasteiger charge is 2.31. The van der Waals surface area contributed by atoms with Gasteiger partial charge in [0.15, 0.2) is 0 Å². The fourth-order valence-electron chi connectivity index (χ4n) is 6.72. The third-order valence-corrected chi connectivity index (χ3v) is 11.4. The Labute approximate surface area is 314 Å². The van der Waals surface area contributed by atoms with E-state index >= 15 is 0 Å². The average molecular weight is 765 g/mol. The minimum atomic E-state index is -2.08. The van der Waals surface area contributed by atoms with Crippen molar-refractivity contribution in [2.24, 2.45) is 0 Å². The number of hydrogen-bond acceptors (Lipinski definition) is 10. The second-order valence-corrected chi connectivity index (χ2v) is 14.9. The summed E-state index contributed by atoms with van der Waals surface area (Å²) in [4.78, 5) is 0. The Kier molecular flexibility index (Phi) is 9.34. The van der Waals surface area contributed by atoms with Gasteiger partial charge in [-0.1, -0.05) is 24.3 Å². The summed E-state index contributed by atoms with van der Waals surface area (Å²) >= 11 is 0. The van der Waals surface area contributed by atoms with Crippen LogP contribution in [0.3, 0.4) is 0 Å². The SMILES string of the molecule is COc1cc(C)c(OP2Oc3cccc4cccc(c34)O2)c(-c2cc(OC)cc(C)c2Op2oc3c(C)cc(OC)cc3c3cc(OC)cc(C)c3o2)c1. The molecule has 0 N–H and O–H groups in total. The van der Waals surface area contributed by atoms with Crippen molar-refractivity contribution in [3.63, 3.8) is 0 Å². The van der Waals surface area contributed by atoms with Gasteiger partial charge in [-0.3, -0.25) is 0 Å². The third kappa shape index (κ3) is 6.36. The van der Waals surface area contributed by atoms with E-state index in [1.165, 1.54) is 0 Å². The molecule has 0 atom stereocenters. The highest BCUT2D eigenvalue weighted by atomic mass is 31.2. The van der Waals surface area contributed by atoms with E-state index in [9.17, 15) is 0 Å². The van der Waals surface area contributed by atoms with E-state index in [0.29, 0.717) is 68.3 Å². The molecule has 10 nitrogen and oxygen atoms in total. The number of rotatable bonds is 9. The van der Waals surface area contributed by atoms with Gasteiger partial charge in [-0.05, 0) is 116 Å². The zero-order chi connectivity index (χ0) is 37.7. The first-order valence-electron chi connectivity index (χ1n) is 17.1. The predicted octanol–water partition coefficient (Wildman–Crippen LogP) is 12.3. The molecule has 54 heavy (non-hydrogen) atoms. The summed E-state index contributed by atoms with van der Waals surface area (Å²) in [6.07, 6.45) is 0. The molecule has 8 rings (SSSR count). The zero-order valence-electron chi connectivity index (χ0n) is 31.1. The quantitative estimate of drug-likeness (QED) is 0.132. The summed E-state index contributed by atoms with van der Waals surface area (Å²) in [6, 6.07) is 27.1. The maximum Gasteiger partial charge on any atom is 0.530 e. The van der Waals surface area contributed by atoms with Crippen LogP contribution in [0, 0.1) is 27.7 Å². The topological polar surface area (TPSA) is 100 Å². The van der Waals surface area contributed by atoms with Crippen molar-refractivity contribution in [2.75, 3.05) is 28.4 Å². The number of methoxy groups -OCH3 is 4. The lowest BCUT2D eigenvalue weighted by molar-refractivity contribution is 0.379. The zero-order valence-corrected chi connectivity index (χ0v) is 32.8. The molecule has 12 heteroatoms. The third-order valence-electron chi connectivity index (χ3n) is 9.35. The summed E-state index contributed by atoms with van der Waals surface area (Å²) in [7, 11) is 2.56. The minimum Gasteiger partial charge on any atom is -0.497 e. The standard InChI is InChI=1S/C42H38O10P2/c1-23-15-28(43-5)19-32(39(23)49-53-47-36-13-9-11-27-12-10-14-37(48-53)38(27)36)33-20-29(44-6)16-24(2)40(33)50-54-51-41-25(3)17-30(45-7)21-34(41)35-22-31(46-8)18-26(4)42(35)52-54/h9-22H,1-8H3. The van der Waals surface area contributed by atoms with Crippen LogP contribution in [-0.2, 0) is 0 Å². The number of aryl methyl sites for hydroxylation is 4. The van der Waals surface area contributed by atoms with Crippen LogP contribution in [0.5, 0.6) is 46.0 Å². The van der Waals surface area contributed by atoms with Crippen molar-refractivity contribution in [1.29, 1.82) is 0 Å². The van der Waals surface area contributed by atoms with Gasteiger partial charge >= 0.3 is 16.8 Å². The van der Waals surface area contributed by atoms with Crippen LogP contribution in [0.1, 0.15) is 22.3 Å². The average Bonchev–Trinajstić information content (AvgIpc) is 3.33. The molecule has 0 unspecified atom stereocenters. The molecule has 0 saturated carbocycles. The van der Waals surface area contributed by atoms with Crippen molar-refractivity contribution in [3.05, 3.63) is 107 Å². The molecule has 0 fully saturated rings. The lowest BCUT2D eigenvalue weighted by Gasteiger charge is -2.26. The van der Waals surface area contributed by atoms with Gasteiger partial charge in [-0.15, -0.1) is 0 Å². The van der Waals surface area contributed by atoms with Crippen molar-refractivity contribution in [2.45, 2.75) is 27.7 Å². The fraction of sp³-hybridized carbons (Fsp3) is 0.190. The van der Waals surface area contributed by atoms with E-state index in [4.69, 9.17) is 45.4 Å². The predicted molar refractivity (Wildman–Crippen MR) is 212 cm³/mol. The molecular formula is C42H38O10P2. The highest BCUT2D eigenvalue weighted by molar-refractivity contribution is 7.43. The van der Waals surface area contributed by atoms with E-state index in [-0.39, 0.29) is 0 Å². The molecule has 0 aliphatic carbocycles. The molecule has 6 aromatic carbocycles. The molecule has 0 saturated heterocycles. The number of fused-ring (bicyclic) bond motifs is 3. The van der Waals surface area contributed by atoms with Crippen molar-refractivity contribution >= 4 is 49.6 Å².